The molecule has 96 valence electrons. The summed E-state index contributed by atoms with van der Waals surface area (Å²) in [6, 6.07) is 0. The lowest BCUT2D eigenvalue weighted by Crippen LogP contribution is -2.27. The number of nitrogens with one attached hydrogen (secondary N) is 2. The zero-order valence-electron chi connectivity index (χ0n) is 11.1. The number of rotatable bonds is 10. The van der Waals surface area contributed by atoms with E-state index in [2.05, 4.69) is 24.5 Å². The minimum Gasteiger partial charge on any atom is -0.356 e. The molecule has 0 spiro atoms. The Kier molecular flexibility index (Phi) is 10.5. The van der Waals surface area contributed by atoms with Crippen molar-refractivity contribution in [3.63, 3.8) is 0 Å². The van der Waals surface area contributed by atoms with Crippen molar-refractivity contribution in [2.24, 2.45) is 5.92 Å². The molecule has 0 aromatic heterocycles. The normalized spacial score (nSPS) is 10.8. The van der Waals surface area contributed by atoms with Gasteiger partial charge in [-0.05, 0) is 44.7 Å². The SMILES string of the molecule is CCCC(=O)NCCCNCCCC(C)C. The molecule has 0 unspecified atom stereocenters. The summed E-state index contributed by atoms with van der Waals surface area (Å²) in [7, 11) is 0. The van der Waals surface area contributed by atoms with Gasteiger partial charge in [0.25, 0.3) is 0 Å². The highest BCUT2D eigenvalue weighted by Gasteiger charge is 1.97. The van der Waals surface area contributed by atoms with Gasteiger partial charge in [0, 0.05) is 13.0 Å². The first-order valence-corrected chi connectivity index (χ1v) is 6.64. The van der Waals surface area contributed by atoms with E-state index in [-0.39, 0.29) is 5.91 Å². The Balaban J connectivity index is 3.07. The van der Waals surface area contributed by atoms with Gasteiger partial charge in [-0.1, -0.05) is 20.8 Å². The van der Waals surface area contributed by atoms with Crippen LogP contribution in [-0.4, -0.2) is 25.5 Å². The number of hydrogen-bond acceptors (Lipinski definition) is 2. The number of carbonyl (C=O) groups excluding carboxylic acids is 1. The molecule has 0 aliphatic heterocycles. The molecule has 3 nitrogen and oxygen atoms in total. The molecule has 0 aromatic rings. The van der Waals surface area contributed by atoms with Gasteiger partial charge in [0.1, 0.15) is 0 Å². The number of carbonyl (C=O) groups is 1. The highest BCUT2D eigenvalue weighted by molar-refractivity contribution is 5.75. The molecule has 16 heavy (non-hydrogen) atoms. The summed E-state index contributed by atoms with van der Waals surface area (Å²) in [4.78, 5) is 11.1. The standard InChI is InChI=1S/C13H28N2O/c1-4-7-13(16)15-11-6-10-14-9-5-8-12(2)3/h12,14H,4-11H2,1-3H3,(H,15,16). The monoisotopic (exact) mass is 228 g/mol. The first-order valence-electron chi connectivity index (χ1n) is 6.64. The lowest BCUT2D eigenvalue weighted by molar-refractivity contribution is -0.121. The molecule has 3 heteroatoms. The number of amides is 1. The Hall–Kier alpha value is -0.570. The second kappa shape index (κ2) is 10.9. The predicted octanol–water partition coefficient (Wildman–Crippen LogP) is 2.32. The van der Waals surface area contributed by atoms with E-state index in [1.807, 2.05) is 6.92 Å². The summed E-state index contributed by atoms with van der Waals surface area (Å²) in [5.41, 5.74) is 0. The Morgan fingerprint density at radius 3 is 2.44 bits per heavy atom. The molecule has 0 aliphatic carbocycles. The van der Waals surface area contributed by atoms with Crippen LogP contribution in [0.25, 0.3) is 0 Å². The quantitative estimate of drug-likeness (QED) is 0.563. The fourth-order valence-corrected chi connectivity index (χ4v) is 1.52. The van der Waals surface area contributed by atoms with E-state index in [1.54, 1.807) is 0 Å². The van der Waals surface area contributed by atoms with E-state index in [0.29, 0.717) is 6.42 Å². The zero-order chi connectivity index (χ0) is 12.2. The number of hydrogen-bond donors (Lipinski definition) is 2. The highest BCUT2D eigenvalue weighted by Crippen LogP contribution is 2.01. The van der Waals surface area contributed by atoms with Crippen LogP contribution in [0.2, 0.25) is 0 Å². The van der Waals surface area contributed by atoms with Gasteiger partial charge >= 0.3 is 0 Å². The zero-order valence-corrected chi connectivity index (χ0v) is 11.1. The Morgan fingerprint density at radius 1 is 1.12 bits per heavy atom. The third-order valence-corrected chi connectivity index (χ3v) is 2.46. The lowest BCUT2D eigenvalue weighted by Gasteiger charge is -2.07. The van der Waals surface area contributed by atoms with Crippen molar-refractivity contribution in [1.82, 2.24) is 10.6 Å². The molecule has 0 atom stereocenters. The summed E-state index contributed by atoms with van der Waals surface area (Å²) in [6.45, 7) is 9.43. The van der Waals surface area contributed by atoms with E-state index in [9.17, 15) is 4.79 Å². The van der Waals surface area contributed by atoms with E-state index < -0.39 is 0 Å². The van der Waals surface area contributed by atoms with Crippen LogP contribution in [0, 0.1) is 5.92 Å². The molecule has 0 saturated heterocycles. The predicted molar refractivity (Wildman–Crippen MR) is 69.5 cm³/mol. The van der Waals surface area contributed by atoms with Gasteiger partial charge in [0.2, 0.25) is 5.91 Å². The average Bonchev–Trinajstić information content (AvgIpc) is 2.22. The second-order valence-corrected chi connectivity index (χ2v) is 4.74. The Bertz CT molecular complexity index is 169. The molecule has 0 radical (unpaired) electrons. The fraction of sp³-hybridized carbons (Fsp3) is 0.923. The molecular formula is C13H28N2O. The molecule has 0 heterocycles. The second-order valence-electron chi connectivity index (χ2n) is 4.74. The van der Waals surface area contributed by atoms with Crippen LogP contribution in [0.5, 0.6) is 0 Å². The Labute approximate surface area is 100 Å². The maximum absolute atomic E-state index is 11.1. The maximum atomic E-state index is 11.1. The van der Waals surface area contributed by atoms with Crippen LogP contribution in [-0.2, 0) is 4.79 Å². The van der Waals surface area contributed by atoms with Crippen molar-refractivity contribution in [1.29, 1.82) is 0 Å². The summed E-state index contributed by atoms with van der Waals surface area (Å²) in [6.07, 6.45) is 5.15. The van der Waals surface area contributed by atoms with E-state index >= 15 is 0 Å². The van der Waals surface area contributed by atoms with Crippen molar-refractivity contribution in [3.05, 3.63) is 0 Å². The highest BCUT2D eigenvalue weighted by atomic mass is 16.1. The van der Waals surface area contributed by atoms with Crippen LogP contribution in [0.15, 0.2) is 0 Å². The fourth-order valence-electron chi connectivity index (χ4n) is 1.52. The minimum atomic E-state index is 0.183. The first-order chi connectivity index (χ1) is 7.66. The van der Waals surface area contributed by atoms with Gasteiger partial charge in [0.15, 0.2) is 0 Å². The molecule has 0 rings (SSSR count). The van der Waals surface area contributed by atoms with Gasteiger partial charge < -0.3 is 10.6 Å². The van der Waals surface area contributed by atoms with Crippen LogP contribution < -0.4 is 10.6 Å². The van der Waals surface area contributed by atoms with Crippen molar-refractivity contribution < 1.29 is 4.79 Å². The largest absolute Gasteiger partial charge is 0.356 e. The topological polar surface area (TPSA) is 41.1 Å². The van der Waals surface area contributed by atoms with E-state index in [1.165, 1.54) is 12.8 Å². The molecule has 0 bridgehead atoms. The lowest BCUT2D eigenvalue weighted by atomic mass is 10.1. The molecule has 0 aromatic carbocycles. The van der Waals surface area contributed by atoms with Crippen molar-refractivity contribution in [2.45, 2.75) is 52.9 Å². The third kappa shape index (κ3) is 11.5. The van der Waals surface area contributed by atoms with Gasteiger partial charge in [0.05, 0.1) is 0 Å². The molecule has 0 saturated carbocycles. The van der Waals surface area contributed by atoms with Crippen LogP contribution in [0.3, 0.4) is 0 Å². The Morgan fingerprint density at radius 2 is 1.81 bits per heavy atom. The summed E-state index contributed by atoms with van der Waals surface area (Å²) < 4.78 is 0. The molecule has 1 amide bonds. The van der Waals surface area contributed by atoms with E-state index in [4.69, 9.17) is 0 Å². The molecular weight excluding hydrogens is 200 g/mol. The van der Waals surface area contributed by atoms with E-state index in [0.717, 1.165) is 38.4 Å². The van der Waals surface area contributed by atoms with Crippen LogP contribution in [0.4, 0.5) is 0 Å². The van der Waals surface area contributed by atoms with Gasteiger partial charge in [-0.3, -0.25) is 4.79 Å². The third-order valence-electron chi connectivity index (χ3n) is 2.46. The van der Waals surface area contributed by atoms with Crippen LogP contribution >= 0.6 is 0 Å². The summed E-state index contributed by atoms with van der Waals surface area (Å²) >= 11 is 0. The smallest absolute Gasteiger partial charge is 0.219 e. The van der Waals surface area contributed by atoms with Gasteiger partial charge in [-0.25, -0.2) is 0 Å². The maximum Gasteiger partial charge on any atom is 0.219 e. The minimum absolute atomic E-state index is 0.183. The summed E-state index contributed by atoms with van der Waals surface area (Å²) in [5.74, 6) is 0.984. The van der Waals surface area contributed by atoms with Crippen molar-refractivity contribution >= 4 is 5.91 Å². The molecule has 2 N–H and O–H groups in total. The van der Waals surface area contributed by atoms with Gasteiger partial charge in [-0.15, -0.1) is 0 Å². The summed E-state index contributed by atoms with van der Waals surface area (Å²) in [5, 5.41) is 6.31. The van der Waals surface area contributed by atoms with Crippen molar-refractivity contribution in [3.8, 4) is 0 Å². The molecule has 0 aliphatic rings. The average molecular weight is 228 g/mol. The van der Waals surface area contributed by atoms with Gasteiger partial charge in [-0.2, -0.15) is 0 Å². The first kappa shape index (κ1) is 15.4. The van der Waals surface area contributed by atoms with Crippen LogP contribution in [0.1, 0.15) is 52.9 Å². The molecule has 0 fully saturated rings. The van der Waals surface area contributed by atoms with Crippen molar-refractivity contribution in [2.75, 3.05) is 19.6 Å².